The highest BCUT2D eigenvalue weighted by Gasteiger charge is 2.51. The molecule has 2 atom stereocenters. The zero-order valence-corrected chi connectivity index (χ0v) is 14.6. The second-order valence-electron chi connectivity index (χ2n) is 6.48. The number of hydrogen-bond donors (Lipinski definition) is 1. The molecule has 0 spiro atoms. The molecule has 7 heteroatoms. The third kappa shape index (κ3) is 4.57. The van der Waals surface area contributed by atoms with E-state index in [1.54, 1.807) is 20.8 Å². The van der Waals surface area contributed by atoms with Gasteiger partial charge in [-0.25, -0.2) is 4.79 Å². The first-order valence-electron chi connectivity index (χ1n) is 8.14. The van der Waals surface area contributed by atoms with E-state index in [2.05, 4.69) is 0 Å². The lowest BCUT2D eigenvalue weighted by molar-refractivity contribution is -0.139. The zero-order valence-electron chi connectivity index (χ0n) is 14.6. The molecule has 1 fully saturated rings. The van der Waals surface area contributed by atoms with Crippen LogP contribution < -0.4 is 0 Å². The van der Waals surface area contributed by atoms with Crippen LogP contribution in [0.5, 0.6) is 0 Å². The summed E-state index contributed by atoms with van der Waals surface area (Å²) in [6.07, 6.45) is -1.64. The molecule has 1 aromatic carbocycles. The van der Waals surface area contributed by atoms with Crippen molar-refractivity contribution in [2.45, 2.75) is 58.1 Å². The second-order valence-corrected chi connectivity index (χ2v) is 6.48. The Morgan fingerprint density at radius 3 is 2.44 bits per heavy atom. The lowest BCUT2D eigenvalue weighted by atomic mass is 10.0. The molecule has 7 nitrogen and oxygen atoms in total. The molecule has 1 aliphatic heterocycles. The molecule has 0 aliphatic carbocycles. The van der Waals surface area contributed by atoms with Crippen LogP contribution in [0, 0.1) is 0 Å². The smallest absolute Gasteiger partial charge is 0.413 e. The quantitative estimate of drug-likeness (QED) is 0.848. The van der Waals surface area contributed by atoms with Crippen LogP contribution in [-0.2, 0) is 25.7 Å². The Bertz CT molecular complexity index is 642. The van der Waals surface area contributed by atoms with Gasteiger partial charge >= 0.3 is 12.1 Å². The van der Waals surface area contributed by atoms with Crippen LogP contribution in [0.15, 0.2) is 30.3 Å². The highest BCUT2D eigenvalue weighted by Crippen LogP contribution is 2.34. The number of nitrogens with zero attached hydrogens (tertiary/aromatic N) is 1. The molecule has 0 saturated carbocycles. The second kappa shape index (κ2) is 7.65. The highest BCUT2D eigenvalue weighted by molar-refractivity contribution is 5.90. The van der Waals surface area contributed by atoms with Gasteiger partial charge in [0.25, 0.3) is 0 Å². The molecule has 1 aromatic rings. The van der Waals surface area contributed by atoms with Crippen LogP contribution in [-0.4, -0.2) is 45.7 Å². The number of ketones is 1. The van der Waals surface area contributed by atoms with E-state index in [0.29, 0.717) is 0 Å². The zero-order chi connectivity index (χ0) is 18.6. The molecular weight excluding hydrogens is 326 g/mol. The van der Waals surface area contributed by atoms with Crippen molar-refractivity contribution in [2.75, 3.05) is 0 Å². The van der Waals surface area contributed by atoms with E-state index in [4.69, 9.17) is 14.6 Å². The van der Waals surface area contributed by atoms with Gasteiger partial charge in [0, 0.05) is 6.42 Å². The van der Waals surface area contributed by atoms with Crippen molar-refractivity contribution in [1.82, 2.24) is 4.90 Å². The Balaban J connectivity index is 2.10. The van der Waals surface area contributed by atoms with Gasteiger partial charge in [0.2, 0.25) is 0 Å². The predicted octanol–water partition coefficient (Wildman–Crippen LogP) is 2.58. The van der Waals surface area contributed by atoms with E-state index >= 15 is 0 Å². The van der Waals surface area contributed by atoms with Crippen molar-refractivity contribution in [3.63, 3.8) is 0 Å². The van der Waals surface area contributed by atoms with Gasteiger partial charge in [0.1, 0.15) is 18.4 Å². The summed E-state index contributed by atoms with van der Waals surface area (Å²) in [6, 6.07) is 8.34. The molecule has 25 heavy (non-hydrogen) atoms. The summed E-state index contributed by atoms with van der Waals surface area (Å²) in [4.78, 5) is 37.0. The first-order chi connectivity index (χ1) is 11.7. The number of carbonyl (C=O) groups excluding carboxylic acids is 2. The highest BCUT2D eigenvalue weighted by atomic mass is 16.6. The average molecular weight is 349 g/mol. The van der Waals surface area contributed by atoms with Gasteiger partial charge in [-0.15, -0.1) is 0 Å². The van der Waals surface area contributed by atoms with Gasteiger partial charge in [-0.05, 0) is 26.3 Å². The van der Waals surface area contributed by atoms with Gasteiger partial charge < -0.3 is 14.6 Å². The number of benzene rings is 1. The molecular formula is C18H23NO6. The molecule has 1 aliphatic rings. The third-order valence-electron chi connectivity index (χ3n) is 4.09. The van der Waals surface area contributed by atoms with Crippen LogP contribution in [0.4, 0.5) is 4.79 Å². The van der Waals surface area contributed by atoms with Crippen molar-refractivity contribution in [3.05, 3.63) is 35.9 Å². The van der Waals surface area contributed by atoms with Crippen molar-refractivity contribution in [2.24, 2.45) is 0 Å². The minimum absolute atomic E-state index is 0.0800. The summed E-state index contributed by atoms with van der Waals surface area (Å²) in [6.45, 7) is 5.13. The number of aliphatic carboxylic acids is 1. The number of carboxylic acids is 1. The Morgan fingerprint density at radius 1 is 1.20 bits per heavy atom. The molecule has 0 bridgehead atoms. The fourth-order valence-electron chi connectivity index (χ4n) is 3.03. The maximum absolute atomic E-state index is 12.6. The Labute approximate surface area is 146 Å². The fraction of sp³-hybridized carbons (Fsp3) is 0.500. The summed E-state index contributed by atoms with van der Waals surface area (Å²) < 4.78 is 11.1. The summed E-state index contributed by atoms with van der Waals surface area (Å²) in [7, 11) is 0. The monoisotopic (exact) mass is 349 g/mol. The van der Waals surface area contributed by atoms with Gasteiger partial charge in [-0.2, -0.15) is 0 Å². The molecule has 0 aromatic heterocycles. The van der Waals surface area contributed by atoms with Crippen molar-refractivity contribution in [1.29, 1.82) is 0 Å². The van der Waals surface area contributed by atoms with E-state index in [9.17, 15) is 14.4 Å². The predicted molar refractivity (Wildman–Crippen MR) is 88.8 cm³/mol. The Morgan fingerprint density at radius 2 is 1.84 bits per heavy atom. The number of carbonyl (C=O) groups is 3. The SMILES string of the molecule is C[C@H]1OC(C)(C)N(C(=O)OCc2ccccc2)[C@@H]1C(=O)CCC(=O)O. The van der Waals surface area contributed by atoms with Crippen LogP contribution in [0.25, 0.3) is 0 Å². The number of ether oxygens (including phenoxy) is 2. The minimum atomic E-state index is -1.06. The van der Waals surface area contributed by atoms with Gasteiger partial charge in [-0.3, -0.25) is 14.5 Å². The largest absolute Gasteiger partial charge is 0.481 e. The van der Waals surface area contributed by atoms with E-state index in [1.165, 1.54) is 4.90 Å². The van der Waals surface area contributed by atoms with Crippen molar-refractivity contribution < 1.29 is 29.0 Å². The summed E-state index contributed by atoms with van der Waals surface area (Å²) in [5.41, 5.74) is -0.188. The molecule has 1 saturated heterocycles. The third-order valence-corrected chi connectivity index (χ3v) is 4.09. The lowest BCUT2D eigenvalue weighted by Crippen LogP contribution is -2.51. The average Bonchev–Trinajstić information content (AvgIpc) is 2.80. The van der Waals surface area contributed by atoms with E-state index in [1.807, 2.05) is 30.3 Å². The van der Waals surface area contributed by atoms with Crippen LogP contribution in [0.1, 0.15) is 39.2 Å². The first-order valence-corrected chi connectivity index (χ1v) is 8.14. The van der Waals surface area contributed by atoms with Gasteiger partial charge in [0.05, 0.1) is 12.5 Å². The maximum Gasteiger partial charge on any atom is 0.413 e. The van der Waals surface area contributed by atoms with Gasteiger partial charge in [0.15, 0.2) is 5.78 Å². The first kappa shape index (κ1) is 18.9. The molecule has 1 N–H and O–H groups in total. The van der Waals surface area contributed by atoms with E-state index in [0.717, 1.165) is 5.56 Å². The van der Waals surface area contributed by atoms with E-state index < -0.39 is 29.9 Å². The summed E-state index contributed by atoms with van der Waals surface area (Å²) in [5.74, 6) is -1.41. The number of amides is 1. The van der Waals surface area contributed by atoms with Crippen molar-refractivity contribution >= 4 is 17.8 Å². The van der Waals surface area contributed by atoms with Crippen LogP contribution >= 0.6 is 0 Å². The molecule has 1 heterocycles. The number of carboxylic acid groups (broad SMARTS) is 1. The lowest BCUT2D eigenvalue weighted by Gasteiger charge is -2.32. The Hall–Kier alpha value is -2.41. The van der Waals surface area contributed by atoms with Gasteiger partial charge in [-0.1, -0.05) is 30.3 Å². The van der Waals surface area contributed by atoms with Crippen LogP contribution in [0.3, 0.4) is 0 Å². The number of hydrogen-bond acceptors (Lipinski definition) is 5. The summed E-state index contributed by atoms with van der Waals surface area (Å²) in [5, 5.41) is 8.77. The minimum Gasteiger partial charge on any atom is -0.481 e. The van der Waals surface area contributed by atoms with Crippen molar-refractivity contribution in [3.8, 4) is 0 Å². The van der Waals surface area contributed by atoms with Crippen LogP contribution in [0.2, 0.25) is 0 Å². The standard InChI is InChI=1S/C18H23NO6/c1-12-16(14(20)9-10-15(21)22)19(18(2,3)25-12)17(23)24-11-13-7-5-4-6-8-13/h4-8,12,16H,9-11H2,1-3H3,(H,21,22)/t12-,16+/m1/s1. The number of rotatable bonds is 6. The topological polar surface area (TPSA) is 93.1 Å². The van der Waals surface area contributed by atoms with E-state index in [-0.39, 0.29) is 25.2 Å². The molecule has 0 unspecified atom stereocenters. The summed E-state index contributed by atoms with van der Waals surface area (Å²) >= 11 is 0. The maximum atomic E-state index is 12.6. The normalized spacial score (nSPS) is 21.8. The number of Topliss-reactive ketones (excluding diaryl/α,β-unsaturated/α-hetero) is 1. The Kier molecular flexibility index (Phi) is 5.79. The molecule has 1 amide bonds. The fourth-order valence-corrected chi connectivity index (χ4v) is 3.03. The molecule has 0 radical (unpaired) electrons. The molecule has 136 valence electrons. The molecule has 2 rings (SSSR count).